The molecule has 1 N–H and O–H groups in total. The van der Waals surface area contributed by atoms with Gasteiger partial charge in [-0.1, -0.05) is 66.2 Å². The molecule has 4 rings (SSSR count). The molecule has 1 amide bonds. The smallest absolute Gasteiger partial charge is 0.275 e. The molecule has 178 valence electrons. The van der Waals surface area contributed by atoms with Gasteiger partial charge in [-0.05, 0) is 53.1 Å². The highest BCUT2D eigenvalue weighted by atomic mass is 35.5. The van der Waals surface area contributed by atoms with Crippen LogP contribution in [0.1, 0.15) is 28.4 Å². The monoisotopic (exact) mass is 488 g/mol. The van der Waals surface area contributed by atoms with E-state index in [2.05, 4.69) is 10.5 Å². The van der Waals surface area contributed by atoms with Gasteiger partial charge in [0, 0.05) is 0 Å². The first kappa shape index (κ1) is 24.1. The van der Waals surface area contributed by atoms with Crippen LogP contribution in [0, 0.1) is 0 Å². The summed E-state index contributed by atoms with van der Waals surface area (Å²) in [4.78, 5) is 12.8. The molecule has 6 nitrogen and oxygen atoms in total. The third-order valence-corrected chi connectivity index (χ3v) is 5.53. The fourth-order valence-corrected chi connectivity index (χ4v) is 3.86. The summed E-state index contributed by atoms with van der Waals surface area (Å²) >= 11 is 6.50. The fourth-order valence-electron chi connectivity index (χ4n) is 3.59. The van der Waals surface area contributed by atoms with Gasteiger partial charge in [-0.25, -0.2) is 5.43 Å². The lowest BCUT2D eigenvalue weighted by Gasteiger charge is -2.14. The zero-order chi connectivity index (χ0) is 24.6. The number of hydrazone groups is 1. The molecule has 0 fully saturated rings. The Balaban J connectivity index is 1.50. The maximum atomic E-state index is 12.8. The normalized spacial score (nSPS) is 10.9. The third-order valence-electron chi connectivity index (χ3n) is 5.25. The van der Waals surface area contributed by atoms with Crippen molar-refractivity contribution in [2.24, 2.45) is 5.10 Å². The summed E-state index contributed by atoms with van der Waals surface area (Å²) < 4.78 is 17.1. The second-order valence-corrected chi connectivity index (χ2v) is 8.04. The molecule has 0 spiro atoms. The van der Waals surface area contributed by atoms with Gasteiger partial charge in [0.15, 0.2) is 11.5 Å². The number of rotatable bonds is 9. The molecule has 0 bridgehead atoms. The van der Waals surface area contributed by atoms with Crippen LogP contribution in [0.2, 0.25) is 5.02 Å². The number of nitrogens with one attached hydrogen (secondary N) is 1. The molecule has 0 unspecified atom stereocenters. The molecule has 0 aliphatic rings. The minimum atomic E-state index is -0.386. The molecule has 7 heteroatoms. The summed E-state index contributed by atoms with van der Waals surface area (Å²) in [6.07, 6.45) is 1.50. The Morgan fingerprint density at radius 2 is 1.66 bits per heavy atom. The van der Waals surface area contributed by atoms with Gasteiger partial charge in [0.1, 0.15) is 12.4 Å². The summed E-state index contributed by atoms with van der Waals surface area (Å²) in [5, 5.41) is 6.40. The molecule has 35 heavy (non-hydrogen) atoms. The van der Waals surface area contributed by atoms with Gasteiger partial charge >= 0.3 is 0 Å². The second kappa shape index (κ2) is 11.4. The molecule has 0 aromatic heterocycles. The maximum Gasteiger partial charge on any atom is 0.275 e. The number of hydrogen-bond donors (Lipinski definition) is 1. The van der Waals surface area contributed by atoms with Gasteiger partial charge in [-0.3, -0.25) is 4.79 Å². The number of benzene rings is 4. The predicted molar refractivity (Wildman–Crippen MR) is 139 cm³/mol. The van der Waals surface area contributed by atoms with Crippen molar-refractivity contribution in [2.45, 2.75) is 13.5 Å². The number of hydrogen-bond acceptors (Lipinski definition) is 5. The van der Waals surface area contributed by atoms with E-state index in [9.17, 15) is 4.79 Å². The van der Waals surface area contributed by atoms with Crippen LogP contribution in [0.5, 0.6) is 17.2 Å². The van der Waals surface area contributed by atoms with Crippen molar-refractivity contribution in [2.75, 3.05) is 13.7 Å². The number of amides is 1. The van der Waals surface area contributed by atoms with E-state index in [1.807, 2.05) is 67.6 Å². The summed E-state index contributed by atoms with van der Waals surface area (Å²) in [6.45, 7) is 2.68. The maximum absolute atomic E-state index is 12.8. The molecule has 0 atom stereocenters. The summed E-state index contributed by atoms with van der Waals surface area (Å²) in [5.74, 6) is 1.04. The largest absolute Gasteiger partial charge is 0.496 e. The Kier molecular flexibility index (Phi) is 7.85. The molecule has 0 aliphatic heterocycles. The van der Waals surface area contributed by atoms with Gasteiger partial charge < -0.3 is 14.2 Å². The molecule has 0 saturated heterocycles. The van der Waals surface area contributed by atoms with Crippen molar-refractivity contribution in [1.82, 2.24) is 5.43 Å². The van der Waals surface area contributed by atoms with E-state index in [1.54, 1.807) is 18.2 Å². The minimum Gasteiger partial charge on any atom is -0.496 e. The number of carbonyl (C=O) groups excluding carboxylic acids is 1. The van der Waals surface area contributed by atoms with Crippen LogP contribution < -0.4 is 19.6 Å². The Morgan fingerprint density at radius 1 is 0.943 bits per heavy atom. The summed E-state index contributed by atoms with van der Waals surface area (Å²) in [6, 6.07) is 24.6. The highest BCUT2D eigenvalue weighted by molar-refractivity contribution is 6.32. The van der Waals surface area contributed by atoms with E-state index in [-0.39, 0.29) is 5.91 Å². The molecular weight excluding hydrogens is 464 g/mol. The van der Waals surface area contributed by atoms with Crippen LogP contribution in [0.4, 0.5) is 0 Å². The average Bonchev–Trinajstić information content (AvgIpc) is 2.88. The SMILES string of the molecule is CCOc1cc(C=NNC(=O)c2cc3ccccc3cc2OC)cc(Cl)c1OCc1ccccc1. The van der Waals surface area contributed by atoms with Crippen LogP contribution >= 0.6 is 11.6 Å². The van der Waals surface area contributed by atoms with Gasteiger partial charge in [0.25, 0.3) is 5.91 Å². The van der Waals surface area contributed by atoms with Gasteiger partial charge in [-0.2, -0.15) is 5.10 Å². The summed E-state index contributed by atoms with van der Waals surface area (Å²) in [7, 11) is 1.53. The Bertz CT molecular complexity index is 1360. The first-order chi connectivity index (χ1) is 17.1. The molecule has 0 radical (unpaired) electrons. The molecule has 4 aromatic carbocycles. The highest BCUT2D eigenvalue weighted by Crippen LogP contribution is 2.37. The van der Waals surface area contributed by atoms with E-state index in [4.69, 9.17) is 25.8 Å². The molecule has 0 aliphatic carbocycles. The first-order valence-corrected chi connectivity index (χ1v) is 11.5. The van der Waals surface area contributed by atoms with Crippen LogP contribution in [0.15, 0.2) is 84.0 Å². The Morgan fingerprint density at radius 3 is 2.37 bits per heavy atom. The average molecular weight is 489 g/mol. The fraction of sp³-hybridized carbons (Fsp3) is 0.143. The number of ether oxygens (including phenoxy) is 3. The van der Waals surface area contributed by atoms with Crippen LogP contribution in [-0.4, -0.2) is 25.8 Å². The lowest BCUT2D eigenvalue weighted by molar-refractivity contribution is 0.0952. The predicted octanol–water partition coefficient (Wildman–Crippen LogP) is 6.24. The zero-order valence-electron chi connectivity index (χ0n) is 19.5. The van der Waals surface area contributed by atoms with E-state index in [0.717, 1.165) is 16.3 Å². The number of methoxy groups -OCH3 is 1. The topological polar surface area (TPSA) is 69.2 Å². The van der Waals surface area contributed by atoms with Gasteiger partial charge in [0.2, 0.25) is 0 Å². The quantitative estimate of drug-likeness (QED) is 0.223. The van der Waals surface area contributed by atoms with Crippen molar-refractivity contribution < 1.29 is 19.0 Å². The number of nitrogens with zero attached hydrogens (tertiary/aromatic N) is 1. The van der Waals surface area contributed by atoms with Crippen molar-refractivity contribution >= 4 is 34.5 Å². The molecular formula is C28H25ClN2O4. The van der Waals surface area contributed by atoms with E-state index >= 15 is 0 Å². The first-order valence-electron chi connectivity index (χ1n) is 11.1. The van der Waals surface area contributed by atoms with E-state index in [0.29, 0.717) is 46.6 Å². The number of halogens is 1. The number of carbonyl (C=O) groups is 1. The molecule has 0 saturated carbocycles. The Labute approximate surface area is 209 Å². The van der Waals surface area contributed by atoms with E-state index in [1.165, 1.54) is 13.3 Å². The second-order valence-electron chi connectivity index (χ2n) is 7.64. The highest BCUT2D eigenvalue weighted by Gasteiger charge is 2.14. The van der Waals surface area contributed by atoms with Crippen LogP contribution in [0.25, 0.3) is 10.8 Å². The zero-order valence-corrected chi connectivity index (χ0v) is 20.2. The van der Waals surface area contributed by atoms with Crippen LogP contribution in [-0.2, 0) is 6.61 Å². The summed E-state index contributed by atoms with van der Waals surface area (Å²) in [5.41, 5.74) is 4.61. The van der Waals surface area contributed by atoms with Crippen molar-refractivity contribution in [3.8, 4) is 17.2 Å². The molecule has 4 aromatic rings. The van der Waals surface area contributed by atoms with Crippen LogP contribution in [0.3, 0.4) is 0 Å². The standard InChI is InChI=1S/C28H25ClN2O4/c1-3-34-26-14-20(13-24(29)27(26)35-18-19-9-5-4-6-10-19)17-30-31-28(32)23-15-21-11-7-8-12-22(21)16-25(23)33-2/h4-17H,3,18H2,1-2H3,(H,31,32). The van der Waals surface area contributed by atoms with Crippen molar-refractivity contribution in [3.63, 3.8) is 0 Å². The van der Waals surface area contributed by atoms with Crippen molar-refractivity contribution in [1.29, 1.82) is 0 Å². The molecule has 0 heterocycles. The lowest BCUT2D eigenvalue weighted by Crippen LogP contribution is -2.18. The van der Waals surface area contributed by atoms with Crippen molar-refractivity contribution in [3.05, 3.63) is 101 Å². The van der Waals surface area contributed by atoms with Gasteiger partial charge in [0.05, 0.1) is 30.5 Å². The minimum absolute atomic E-state index is 0.359. The van der Waals surface area contributed by atoms with Gasteiger partial charge in [-0.15, -0.1) is 0 Å². The Hall–Kier alpha value is -4.03. The van der Waals surface area contributed by atoms with E-state index < -0.39 is 0 Å². The third kappa shape index (κ3) is 5.91. The lowest BCUT2D eigenvalue weighted by atomic mass is 10.1. The number of fused-ring (bicyclic) bond motifs is 1.